The molecule has 0 radical (unpaired) electrons. The van der Waals surface area contributed by atoms with Gasteiger partial charge in [-0.05, 0) is 38.3 Å². The number of hydrogen-bond acceptors (Lipinski definition) is 3. The summed E-state index contributed by atoms with van der Waals surface area (Å²) in [4.78, 5) is 0. The highest BCUT2D eigenvalue weighted by atomic mass is 32.2. The van der Waals surface area contributed by atoms with Crippen LogP contribution in [0.1, 0.15) is 33.6 Å². The molecule has 0 aromatic heterocycles. The van der Waals surface area contributed by atoms with Crippen LogP contribution in [0.15, 0.2) is 0 Å². The Kier molecular flexibility index (Phi) is 7.18. The lowest BCUT2D eigenvalue weighted by atomic mass is 9.94. The first kappa shape index (κ1) is 14.9. The number of rotatable bonds is 8. The van der Waals surface area contributed by atoms with Crippen LogP contribution in [0.3, 0.4) is 0 Å². The van der Waals surface area contributed by atoms with Crippen molar-refractivity contribution in [1.82, 2.24) is 5.32 Å². The monoisotopic (exact) mass is 235 g/mol. The quantitative estimate of drug-likeness (QED) is 0.696. The Morgan fingerprint density at radius 1 is 1.13 bits per heavy atom. The van der Waals surface area contributed by atoms with Crippen molar-refractivity contribution in [2.45, 2.75) is 33.6 Å². The molecule has 2 atom stereocenters. The first-order valence-electron chi connectivity index (χ1n) is 5.78. The van der Waals surface area contributed by atoms with Gasteiger partial charge in [-0.1, -0.05) is 20.8 Å². The van der Waals surface area contributed by atoms with Crippen LogP contribution in [0, 0.1) is 11.8 Å². The van der Waals surface area contributed by atoms with Crippen LogP contribution in [0.2, 0.25) is 0 Å². The fourth-order valence-electron chi connectivity index (χ4n) is 1.59. The molecule has 92 valence electrons. The minimum atomic E-state index is -2.80. The highest BCUT2D eigenvalue weighted by molar-refractivity contribution is 7.91. The summed E-state index contributed by atoms with van der Waals surface area (Å²) in [7, 11) is -0.868. The second-order valence-corrected chi connectivity index (χ2v) is 6.76. The summed E-state index contributed by atoms with van der Waals surface area (Å²) in [6.07, 6.45) is 1.51. The van der Waals surface area contributed by atoms with Gasteiger partial charge in [-0.3, -0.25) is 0 Å². The van der Waals surface area contributed by atoms with Crippen molar-refractivity contribution in [2.75, 3.05) is 25.1 Å². The van der Waals surface area contributed by atoms with Crippen molar-refractivity contribution in [1.29, 1.82) is 0 Å². The molecule has 0 aromatic rings. The summed E-state index contributed by atoms with van der Waals surface area (Å²) in [6, 6.07) is 0. The van der Waals surface area contributed by atoms with E-state index in [0.717, 1.165) is 19.4 Å². The zero-order valence-electron chi connectivity index (χ0n) is 10.4. The average Bonchev–Trinajstić information content (AvgIpc) is 2.14. The highest BCUT2D eigenvalue weighted by Crippen LogP contribution is 2.15. The molecule has 15 heavy (non-hydrogen) atoms. The lowest BCUT2D eigenvalue weighted by molar-refractivity contribution is 0.367. The maximum absolute atomic E-state index is 11.5. The van der Waals surface area contributed by atoms with Gasteiger partial charge in [0.1, 0.15) is 9.84 Å². The third kappa shape index (κ3) is 6.90. The van der Waals surface area contributed by atoms with Crippen LogP contribution in [-0.4, -0.2) is 33.5 Å². The summed E-state index contributed by atoms with van der Waals surface area (Å²) < 4.78 is 23.0. The Bertz CT molecular complexity index is 249. The molecular weight excluding hydrogens is 210 g/mol. The SMILES string of the molecule is CCCS(=O)(=O)CCC(C)C(C)CNC. The highest BCUT2D eigenvalue weighted by Gasteiger charge is 2.16. The fraction of sp³-hybridized carbons (Fsp3) is 1.00. The van der Waals surface area contributed by atoms with Crippen molar-refractivity contribution in [3.05, 3.63) is 0 Å². The summed E-state index contributed by atoms with van der Waals surface area (Å²) in [6.45, 7) is 7.15. The van der Waals surface area contributed by atoms with E-state index in [1.54, 1.807) is 0 Å². The fourth-order valence-corrected chi connectivity index (χ4v) is 3.14. The Labute approximate surface area is 94.6 Å². The molecule has 0 amide bonds. The smallest absolute Gasteiger partial charge is 0.150 e. The first-order valence-corrected chi connectivity index (χ1v) is 7.60. The largest absolute Gasteiger partial charge is 0.319 e. The molecule has 0 aromatic carbocycles. The molecule has 0 aliphatic rings. The molecule has 0 bridgehead atoms. The van der Waals surface area contributed by atoms with Gasteiger partial charge in [0.05, 0.1) is 5.75 Å². The maximum Gasteiger partial charge on any atom is 0.150 e. The number of hydrogen-bond donors (Lipinski definition) is 1. The first-order chi connectivity index (χ1) is 6.93. The van der Waals surface area contributed by atoms with E-state index in [9.17, 15) is 8.42 Å². The van der Waals surface area contributed by atoms with Crippen molar-refractivity contribution in [3.63, 3.8) is 0 Å². The molecule has 0 saturated heterocycles. The second-order valence-electron chi connectivity index (χ2n) is 4.45. The Morgan fingerprint density at radius 3 is 2.20 bits per heavy atom. The van der Waals surface area contributed by atoms with Gasteiger partial charge >= 0.3 is 0 Å². The molecule has 0 aliphatic heterocycles. The van der Waals surface area contributed by atoms with Crippen molar-refractivity contribution in [3.8, 4) is 0 Å². The molecule has 0 rings (SSSR count). The molecule has 2 unspecified atom stereocenters. The number of sulfone groups is 1. The predicted octanol–water partition coefficient (Wildman–Crippen LogP) is 1.69. The van der Waals surface area contributed by atoms with Crippen molar-refractivity contribution in [2.24, 2.45) is 11.8 Å². The molecule has 4 heteroatoms. The minimum absolute atomic E-state index is 0.333. The van der Waals surface area contributed by atoms with Crippen LogP contribution in [0.5, 0.6) is 0 Å². The van der Waals surface area contributed by atoms with Gasteiger partial charge in [-0.15, -0.1) is 0 Å². The lowest BCUT2D eigenvalue weighted by Crippen LogP contribution is -2.24. The third-order valence-corrected chi connectivity index (χ3v) is 4.78. The van der Waals surface area contributed by atoms with Crippen LogP contribution in [0.4, 0.5) is 0 Å². The molecule has 1 N–H and O–H groups in total. The average molecular weight is 235 g/mol. The zero-order chi connectivity index (χ0) is 11.9. The van der Waals surface area contributed by atoms with Crippen LogP contribution in [-0.2, 0) is 9.84 Å². The van der Waals surface area contributed by atoms with E-state index >= 15 is 0 Å². The molecule has 0 heterocycles. The third-order valence-electron chi connectivity index (χ3n) is 2.90. The van der Waals surface area contributed by atoms with E-state index < -0.39 is 9.84 Å². The van der Waals surface area contributed by atoms with Gasteiger partial charge in [0.15, 0.2) is 0 Å². The van der Waals surface area contributed by atoms with Crippen molar-refractivity contribution < 1.29 is 8.42 Å². The summed E-state index contributed by atoms with van der Waals surface area (Å²) >= 11 is 0. The summed E-state index contributed by atoms with van der Waals surface area (Å²) in [5.41, 5.74) is 0. The Hall–Kier alpha value is -0.0900. The Balaban J connectivity index is 3.94. The summed E-state index contributed by atoms with van der Waals surface area (Å²) in [5.74, 6) is 1.67. The van der Waals surface area contributed by atoms with Gasteiger partial charge < -0.3 is 5.32 Å². The van der Waals surface area contributed by atoms with E-state index in [1.807, 2.05) is 14.0 Å². The van der Waals surface area contributed by atoms with E-state index in [-0.39, 0.29) is 0 Å². The van der Waals surface area contributed by atoms with Gasteiger partial charge in [-0.2, -0.15) is 0 Å². The minimum Gasteiger partial charge on any atom is -0.319 e. The van der Waals surface area contributed by atoms with Crippen LogP contribution >= 0.6 is 0 Å². The maximum atomic E-state index is 11.5. The van der Waals surface area contributed by atoms with E-state index in [2.05, 4.69) is 19.2 Å². The van der Waals surface area contributed by atoms with Gasteiger partial charge in [0.25, 0.3) is 0 Å². The molecule has 0 saturated carbocycles. The number of nitrogens with one attached hydrogen (secondary N) is 1. The topological polar surface area (TPSA) is 46.2 Å². The van der Waals surface area contributed by atoms with E-state index in [0.29, 0.717) is 23.3 Å². The van der Waals surface area contributed by atoms with E-state index in [1.165, 1.54) is 0 Å². The predicted molar refractivity (Wildman–Crippen MR) is 65.8 cm³/mol. The normalized spacial score (nSPS) is 16.3. The van der Waals surface area contributed by atoms with Gasteiger partial charge in [0.2, 0.25) is 0 Å². The molecule has 0 fully saturated rings. The van der Waals surface area contributed by atoms with E-state index in [4.69, 9.17) is 0 Å². The van der Waals surface area contributed by atoms with Gasteiger partial charge in [0, 0.05) is 5.75 Å². The van der Waals surface area contributed by atoms with Crippen LogP contribution in [0.25, 0.3) is 0 Å². The lowest BCUT2D eigenvalue weighted by Gasteiger charge is -2.19. The molecule has 3 nitrogen and oxygen atoms in total. The Morgan fingerprint density at radius 2 is 1.73 bits per heavy atom. The van der Waals surface area contributed by atoms with Gasteiger partial charge in [-0.25, -0.2) is 8.42 Å². The molecular formula is C11H25NO2S. The molecule has 0 spiro atoms. The standard InChI is InChI=1S/C11H25NO2S/c1-5-7-15(13,14)8-6-10(2)11(3)9-12-4/h10-12H,5-9H2,1-4H3. The second kappa shape index (κ2) is 7.23. The van der Waals surface area contributed by atoms with Crippen LogP contribution < -0.4 is 5.32 Å². The summed E-state index contributed by atoms with van der Waals surface area (Å²) in [5, 5.41) is 3.12. The van der Waals surface area contributed by atoms with Crippen molar-refractivity contribution >= 4 is 9.84 Å². The molecule has 0 aliphatic carbocycles. The zero-order valence-corrected chi connectivity index (χ0v) is 11.2.